The summed E-state index contributed by atoms with van der Waals surface area (Å²) in [5, 5.41) is 12.9. The van der Waals surface area contributed by atoms with Crippen molar-refractivity contribution in [2.24, 2.45) is 17.8 Å². The lowest BCUT2D eigenvalue weighted by Gasteiger charge is -2.32. The van der Waals surface area contributed by atoms with Crippen molar-refractivity contribution in [1.29, 1.82) is 0 Å². The van der Waals surface area contributed by atoms with Crippen LogP contribution in [-0.4, -0.2) is 36.6 Å². The molecule has 0 radical (unpaired) electrons. The number of aromatic carboxylic acids is 1. The lowest BCUT2D eigenvalue weighted by Crippen LogP contribution is -2.31. The topological polar surface area (TPSA) is 92.9 Å². The number of carboxylic acids is 1. The van der Waals surface area contributed by atoms with Crippen molar-refractivity contribution in [2.45, 2.75) is 71.4 Å². The van der Waals surface area contributed by atoms with Crippen molar-refractivity contribution in [3.8, 4) is 0 Å². The zero-order chi connectivity index (χ0) is 19.0. The second kappa shape index (κ2) is 7.44. The third-order valence-corrected chi connectivity index (χ3v) is 6.48. The summed E-state index contributed by atoms with van der Waals surface area (Å²) < 4.78 is 2.12. The number of hydrogen-bond donors (Lipinski definition) is 2. The van der Waals surface area contributed by atoms with Gasteiger partial charge < -0.3 is 15.0 Å². The molecule has 2 aliphatic carbocycles. The van der Waals surface area contributed by atoms with E-state index in [-0.39, 0.29) is 11.9 Å². The summed E-state index contributed by atoms with van der Waals surface area (Å²) in [6.45, 7) is 5.38. The Bertz CT molecular complexity index is 821. The van der Waals surface area contributed by atoms with E-state index < -0.39 is 5.97 Å². The highest BCUT2D eigenvalue weighted by Crippen LogP contribution is 2.33. The van der Waals surface area contributed by atoms with Crippen LogP contribution in [0.15, 0.2) is 6.33 Å². The summed E-state index contributed by atoms with van der Waals surface area (Å²) >= 11 is 0. The number of hydrogen-bond acceptors (Lipinski definition) is 5. The smallest absolute Gasteiger partial charge is 0.374 e. The molecule has 0 amide bonds. The number of fused-ring (bicyclic) bond motifs is 1. The molecule has 2 saturated carbocycles. The van der Waals surface area contributed by atoms with Crippen LogP contribution in [0.1, 0.15) is 69.4 Å². The molecule has 7 nitrogen and oxygen atoms in total. The van der Waals surface area contributed by atoms with Gasteiger partial charge in [-0.3, -0.25) is 0 Å². The Morgan fingerprint density at radius 2 is 2.00 bits per heavy atom. The molecule has 2 aliphatic rings. The van der Waals surface area contributed by atoms with Gasteiger partial charge in [0.25, 0.3) is 0 Å². The molecule has 2 heterocycles. The van der Waals surface area contributed by atoms with E-state index in [4.69, 9.17) is 0 Å². The molecular formula is C20H29N5O2. The number of carbonyl (C=O) groups is 1. The number of rotatable bonds is 6. The molecule has 146 valence electrons. The summed E-state index contributed by atoms with van der Waals surface area (Å²) in [5.41, 5.74) is 1.31. The monoisotopic (exact) mass is 371 g/mol. The van der Waals surface area contributed by atoms with Crippen LogP contribution >= 0.6 is 0 Å². The van der Waals surface area contributed by atoms with Crippen LogP contribution in [0, 0.1) is 17.8 Å². The molecule has 4 rings (SSSR count). The standard InChI is InChI=1S/C20H29N5O2/c1-12-6-8-14(9-7-12)10-25-11-21-17-16(25)18(24-19(23-17)20(26)27)22-13(2)15-4-3-5-15/h11-15H,3-10H2,1-2H3,(H,26,27)(H,22,23,24)/t12-,13-,14-/m1/s1. The maximum atomic E-state index is 11.5. The number of aromatic nitrogens is 4. The molecule has 7 heteroatoms. The maximum absolute atomic E-state index is 11.5. The molecular weight excluding hydrogens is 342 g/mol. The van der Waals surface area contributed by atoms with Gasteiger partial charge in [-0.05, 0) is 50.4 Å². The van der Waals surface area contributed by atoms with Crippen LogP contribution in [0.25, 0.3) is 11.2 Å². The first-order valence-electron chi connectivity index (χ1n) is 10.2. The quantitative estimate of drug-likeness (QED) is 0.798. The van der Waals surface area contributed by atoms with E-state index in [1.165, 1.54) is 44.9 Å². The molecule has 0 aromatic carbocycles. The zero-order valence-electron chi connectivity index (χ0n) is 16.2. The molecule has 27 heavy (non-hydrogen) atoms. The van der Waals surface area contributed by atoms with E-state index in [2.05, 4.69) is 38.7 Å². The van der Waals surface area contributed by atoms with E-state index in [9.17, 15) is 9.90 Å². The van der Waals surface area contributed by atoms with Gasteiger partial charge in [-0.1, -0.05) is 26.2 Å². The largest absolute Gasteiger partial charge is 0.475 e. The van der Waals surface area contributed by atoms with Gasteiger partial charge in [0, 0.05) is 12.6 Å². The van der Waals surface area contributed by atoms with Gasteiger partial charge in [0.1, 0.15) is 5.52 Å². The van der Waals surface area contributed by atoms with Gasteiger partial charge >= 0.3 is 5.97 Å². The van der Waals surface area contributed by atoms with E-state index in [0.29, 0.717) is 23.3 Å². The van der Waals surface area contributed by atoms with Crippen LogP contribution in [0.5, 0.6) is 0 Å². The number of anilines is 1. The van der Waals surface area contributed by atoms with Gasteiger partial charge in [-0.15, -0.1) is 0 Å². The second-order valence-corrected chi connectivity index (χ2v) is 8.52. The van der Waals surface area contributed by atoms with Crippen LogP contribution < -0.4 is 5.32 Å². The Morgan fingerprint density at radius 1 is 1.26 bits per heavy atom. The third-order valence-electron chi connectivity index (χ3n) is 6.48. The van der Waals surface area contributed by atoms with E-state index in [0.717, 1.165) is 18.0 Å². The van der Waals surface area contributed by atoms with Crippen molar-refractivity contribution >= 4 is 23.0 Å². The minimum atomic E-state index is -1.12. The summed E-state index contributed by atoms with van der Waals surface area (Å²) in [4.78, 5) is 24.4. The third kappa shape index (κ3) is 3.77. The predicted molar refractivity (Wildman–Crippen MR) is 104 cm³/mol. The minimum absolute atomic E-state index is 0.192. The SMILES string of the molecule is C[C@@H](Nc1nc(C(=O)O)nc2ncn(C[C@H]3CC[C@H](C)CC3)c12)C1CCC1. The van der Waals surface area contributed by atoms with Crippen molar-refractivity contribution < 1.29 is 9.90 Å². The predicted octanol–water partition coefficient (Wildman–Crippen LogP) is 3.95. The highest BCUT2D eigenvalue weighted by Gasteiger charge is 2.27. The fourth-order valence-electron chi connectivity index (χ4n) is 4.38. The fraction of sp³-hybridized carbons (Fsp3) is 0.700. The second-order valence-electron chi connectivity index (χ2n) is 8.52. The van der Waals surface area contributed by atoms with Crippen LogP contribution in [0.2, 0.25) is 0 Å². The molecule has 0 unspecified atom stereocenters. The Hall–Kier alpha value is -2.18. The minimum Gasteiger partial charge on any atom is -0.475 e. The maximum Gasteiger partial charge on any atom is 0.374 e. The molecule has 0 spiro atoms. The van der Waals surface area contributed by atoms with Gasteiger partial charge in [-0.2, -0.15) is 0 Å². The van der Waals surface area contributed by atoms with Crippen LogP contribution in [0.4, 0.5) is 5.82 Å². The highest BCUT2D eigenvalue weighted by molar-refractivity contribution is 5.90. The van der Waals surface area contributed by atoms with Crippen molar-refractivity contribution in [2.75, 3.05) is 5.32 Å². The number of imidazole rings is 1. The molecule has 2 fully saturated rings. The molecule has 2 aromatic heterocycles. The van der Waals surface area contributed by atoms with Crippen molar-refractivity contribution in [1.82, 2.24) is 19.5 Å². The van der Waals surface area contributed by atoms with E-state index in [1.54, 1.807) is 6.33 Å². The average Bonchev–Trinajstić information content (AvgIpc) is 2.98. The Morgan fingerprint density at radius 3 is 2.63 bits per heavy atom. The Labute approximate surface area is 159 Å². The molecule has 0 saturated heterocycles. The van der Waals surface area contributed by atoms with Gasteiger partial charge in [-0.25, -0.2) is 19.7 Å². The van der Waals surface area contributed by atoms with Crippen molar-refractivity contribution in [3.05, 3.63) is 12.2 Å². The van der Waals surface area contributed by atoms with Crippen LogP contribution in [-0.2, 0) is 6.54 Å². The van der Waals surface area contributed by atoms with E-state index >= 15 is 0 Å². The molecule has 0 aliphatic heterocycles. The summed E-state index contributed by atoms with van der Waals surface area (Å²) in [5.74, 6) is 1.38. The molecule has 2 aromatic rings. The average molecular weight is 371 g/mol. The number of nitrogens with zero attached hydrogens (tertiary/aromatic N) is 4. The fourth-order valence-corrected chi connectivity index (χ4v) is 4.38. The van der Waals surface area contributed by atoms with Gasteiger partial charge in [0.05, 0.1) is 6.33 Å². The Balaban J connectivity index is 1.64. The normalized spacial score (nSPS) is 24.5. The number of nitrogens with one attached hydrogen (secondary N) is 1. The molecule has 2 N–H and O–H groups in total. The number of carboxylic acid groups (broad SMARTS) is 1. The zero-order valence-corrected chi connectivity index (χ0v) is 16.2. The summed E-state index contributed by atoms with van der Waals surface area (Å²) in [6, 6.07) is 0.261. The molecule has 0 bridgehead atoms. The van der Waals surface area contributed by atoms with Crippen molar-refractivity contribution in [3.63, 3.8) is 0 Å². The first-order valence-corrected chi connectivity index (χ1v) is 10.2. The summed E-state index contributed by atoms with van der Waals surface area (Å²) in [7, 11) is 0. The highest BCUT2D eigenvalue weighted by atomic mass is 16.4. The van der Waals surface area contributed by atoms with Gasteiger partial charge in [0.2, 0.25) is 5.82 Å². The van der Waals surface area contributed by atoms with E-state index in [1.807, 2.05) is 0 Å². The lowest BCUT2D eigenvalue weighted by molar-refractivity contribution is 0.0684. The first kappa shape index (κ1) is 18.2. The lowest BCUT2D eigenvalue weighted by atomic mass is 9.80. The van der Waals surface area contributed by atoms with Gasteiger partial charge in [0.15, 0.2) is 11.5 Å². The summed E-state index contributed by atoms with van der Waals surface area (Å²) in [6.07, 6.45) is 10.5. The first-order chi connectivity index (χ1) is 13.0. The Kier molecular flexibility index (Phi) is 5.02. The van der Waals surface area contributed by atoms with Crippen LogP contribution in [0.3, 0.4) is 0 Å². The molecule has 1 atom stereocenters.